The maximum atomic E-state index is 13.5. The van der Waals surface area contributed by atoms with E-state index in [-0.39, 0.29) is 36.5 Å². The predicted octanol–water partition coefficient (Wildman–Crippen LogP) is 1.40. The summed E-state index contributed by atoms with van der Waals surface area (Å²) in [6.45, 7) is 0.381. The van der Waals surface area contributed by atoms with Gasteiger partial charge in [-0.15, -0.1) is 0 Å². The molecule has 12 heteroatoms. The summed E-state index contributed by atoms with van der Waals surface area (Å²) >= 11 is 0. The lowest BCUT2D eigenvalue weighted by atomic mass is 10.0. The lowest BCUT2D eigenvalue weighted by Crippen LogP contribution is -2.51. The van der Waals surface area contributed by atoms with E-state index in [1.54, 1.807) is 17.7 Å². The molecule has 204 valence electrons. The number of hydrogen-bond acceptors (Lipinski definition) is 8. The highest BCUT2D eigenvalue weighted by atomic mass is 32.2. The molecule has 2 N–H and O–H groups in total. The molecule has 1 fully saturated rings. The van der Waals surface area contributed by atoms with Crippen molar-refractivity contribution in [2.45, 2.75) is 42.5 Å². The highest BCUT2D eigenvalue weighted by Crippen LogP contribution is 2.21. The van der Waals surface area contributed by atoms with Crippen LogP contribution in [0.25, 0.3) is 0 Å². The summed E-state index contributed by atoms with van der Waals surface area (Å²) in [5.41, 5.74) is 1.18. The van der Waals surface area contributed by atoms with E-state index in [0.29, 0.717) is 12.2 Å². The van der Waals surface area contributed by atoms with E-state index in [1.165, 1.54) is 36.2 Å². The van der Waals surface area contributed by atoms with E-state index in [0.717, 1.165) is 18.4 Å². The SMILES string of the molecule is COc1cc(C(=O)NC(Cc2ccccc2)C(O)CN(C[C@H]2CCCO2)S(=O)(=O)c2cn(C)cn2)ccn1. The van der Waals surface area contributed by atoms with E-state index in [2.05, 4.69) is 15.3 Å². The van der Waals surface area contributed by atoms with Crippen LogP contribution in [-0.4, -0.2) is 83.3 Å². The van der Waals surface area contributed by atoms with Crippen LogP contribution in [0, 0.1) is 0 Å². The van der Waals surface area contributed by atoms with Crippen LogP contribution >= 0.6 is 0 Å². The first-order chi connectivity index (χ1) is 18.3. The number of aryl methyl sites for hydroxylation is 1. The molecule has 1 saturated heterocycles. The number of carbonyl (C=O) groups excluding carboxylic acids is 1. The number of aliphatic hydroxyl groups excluding tert-OH is 1. The third-order valence-electron chi connectivity index (χ3n) is 6.39. The highest BCUT2D eigenvalue weighted by molar-refractivity contribution is 7.89. The van der Waals surface area contributed by atoms with Crippen molar-refractivity contribution < 1.29 is 27.8 Å². The number of nitrogens with one attached hydrogen (secondary N) is 1. The van der Waals surface area contributed by atoms with Crippen LogP contribution < -0.4 is 10.1 Å². The summed E-state index contributed by atoms with van der Waals surface area (Å²) in [5, 5.41) is 14.2. The molecule has 2 aromatic heterocycles. The third kappa shape index (κ3) is 6.95. The molecule has 0 saturated carbocycles. The Hall–Kier alpha value is -3.32. The van der Waals surface area contributed by atoms with Crippen molar-refractivity contribution in [1.82, 2.24) is 24.2 Å². The number of ether oxygens (including phenoxy) is 2. The normalized spacial score (nSPS) is 17.3. The second-order valence-electron chi connectivity index (χ2n) is 9.26. The summed E-state index contributed by atoms with van der Waals surface area (Å²) in [5.74, 6) is -0.161. The number of pyridine rings is 1. The standard InChI is InChI=1S/C26H33N5O6S/c1-30-17-25(28-18-30)38(34,35)31(15-21-9-6-12-37-21)16-23(32)22(13-19-7-4-3-5-8-19)29-26(33)20-10-11-27-24(14-20)36-2/h3-5,7-8,10-11,14,17-18,21-23,32H,6,9,12-13,15-16H2,1-2H3,(H,29,33)/t21-,22?,23?/m1/s1. The lowest BCUT2D eigenvalue weighted by molar-refractivity contribution is 0.0625. The van der Waals surface area contributed by atoms with Crippen molar-refractivity contribution >= 4 is 15.9 Å². The van der Waals surface area contributed by atoms with Gasteiger partial charge in [0.1, 0.15) is 0 Å². The van der Waals surface area contributed by atoms with Gasteiger partial charge in [0.25, 0.3) is 15.9 Å². The maximum absolute atomic E-state index is 13.5. The van der Waals surface area contributed by atoms with Gasteiger partial charge in [-0.2, -0.15) is 4.31 Å². The summed E-state index contributed by atoms with van der Waals surface area (Å²) in [6.07, 6.45) is 4.62. The van der Waals surface area contributed by atoms with Crippen LogP contribution in [0.4, 0.5) is 0 Å². The molecule has 0 radical (unpaired) electrons. The second kappa shape index (κ2) is 12.5. The Morgan fingerprint density at radius 3 is 2.74 bits per heavy atom. The molecule has 0 bridgehead atoms. The van der Waals surface area contributed by atoms with Crippen LogP contribution in [0.15, 0.2) is 66.2 Å². The Morgan fingerprint density at radius 2 is 2.08 bits per heavy atom. The number of methoxy groups -OCH3 is 1. The number of rotatable bonds is 12. The number of aliphatic hydroxyl groups is 1. The van der Waals surface area contributed by atoms with Crippen molar-refractivity contribution in [3.05, 3.63) is 72.3 Å². The first-order valence-corrected chi connectivity index (χ1v) is 13.8. The average molecular weight is 544 g/mol. The van der Waals surface area contributed by atoms with E-state index < -0.39 is 28.1 Å². The quantitative estimate of drug-likeness (QED) is 0.350. The van der Waals surface area contributed by atoms with Crippen LogP contribution in [0.5, 0.6) is 5.88 Å². The van der Waals surface area contributed by atoms with Crippen molar-refractivity contribution in [3.8, 4) is 5.88 Å². The molecule has 38 heavy (non-hydrogen) atoms. The third-order valence-corrected chi connectivity index (χ3v) is 8.11. The summed E-state index contributed by atoms with van der Waals surface area (Å²) in [6, 6.07) is 11.6. The van der Waals surface area contributed by atoms with Gasteiger partial charge in [0.15, 0.2) is 5.03 Å². The minimum atomic E-state index is -4.03. The largest absolute Gasteiger partial charge is 0.481 e. The van der Waals surface area contributed by atoms with Gasteiger partial charge in [0, 0.05) is 50.8 Å². The van der Waals surface area contributed by atoms with E-state index in [4.69, 9.17) is 9.47 Å². The number of sulfonamides is 1. The fourth-order valence-electron chi connectivity index (χ4n) is 4.34. The number of benzene rings is 1. The zero-order valence-corrected chi connectivity index (χ0v) is 22.3. The first kappa shape index (κ1) is 27.7. The summed E-state index contributed by atoms with van der Waals surface area (Å²) in [7, 11) is -0.895. The molecule has 1 aromatic carbocycles. The topological polar surface area (TPSA) is 136 Å². The van der Waals surface area contributed by atoms with E-state index in [9.17, 15) is 18.3 Å². The van der Waals surface area contributed by atoms with Gasteiger partial charge in [-0.3, -0.25) is 4.79 Å². The molecule has 1 aliphatic rings. The predicted molar refractivity (Wildman–Crippen MR) is 139 cm³/mol. The van der Waals surface area contributed by atoms with Crippen molar-refractivity contribution in [1.29, 1.82) is 0 Å². The zero-order chi connectivity index (χ0) is 27.1. The Balaban J connectivity index is 1.59. The second-order valence-corrected chi connectivity index (χ2v) is 11.1. The van der Waals surface area contributed by atoms with Crippen molar-refractivity contribution in [2.75, 3.05) is 26.8 Å². The van der Waals surface area contributed by atoms with Gasteiger partial charge in [-0.05, 0) is 30.9 Å². The molecule has 11 nitrogen and oxygen atoms in total. The molecular formula is C26H33N5O6S. The summed E-state index contributed by atoms with van der Waals surface area (Å²) in [4.78, 5) is 21.2. The Labute approximate surface area is 222 Å². The molecule has 4 rings (SSSR count). The highest BCUT2D eigenvalue weighted by Gasteiger charge is 2.34. The molecule has 1 aliphatic heterocycles. The van der Waals surface area contributed by atoms with Gasteiger partial charge in [0.2, 0.25) is 5.88 Å². The molecular weight excluding hydrogens is 510 g/mol. The van der Waals surface area contributed by atoms with Gasteiger partial charge in [-0.1, -0.05) is 30.3 Å². The Morgan fingerprint density at radius 1 is 1.29 bits per heavy atom. The lowest BCUT2D eigenvalue weighted by Gasteiger charge is -2.30. The maximum Gasteiger partial charge on any atom is 0.262 e. The molecule has 3 atom stereocenters. The average Bonchev–Trinajstić information content (AvgIpc) is 3.60. The van der Waals surface area contributed by atoms with Crippen LogP contribution in [0.3, 0.4) is 0 Å². The number of imidazole rings is 1. The number of nitrogens with zero attached hydrogens (tertiary/aromatic N) is 4. The van der Waals surface area contributed by atoms with Gasteiger partial charge in [0.05, 0.1) is 31.7 Å². The number of amides is 1. The fourth-order valence-corrected chi connectivity index (χ4v) is 5.80. The van der Waals surface area contributed by atoms with Gasteiger partial charge < -0.3 is 24.5 Å². The molecule has 3 aromatic rings. The van der Waals surface area contributed by atoms with Gasteiger partial charge in [-0.25, -0.2) is 18.4 Å². The van der Waals surface area contributed by atoms with Crippen LogP contribution in [-0.2, 0) is 28.2 Å². The molecule has 2 unspecified atom stereocenters. The zero-order valence-electron chi connectivity index (χ0n) is 21.4. The Kier molecular flexibility index (Phi) is 9.10. The molecule has 0 aliphatic carbocycles. The monoisotopic (exact) mass is 543 g/mol. The first-order valence-electron chi connectivity index (χ1n) is 12.4. The number of carbonyl (C=O) groups is 1. The van der Waals surface area contributed by atoms with Crippen LogP contribution in [0.2, 0.25) is 0 Å². The smallest absolute Gasteiger partial charge is 0.262 e. The summed E-state index contributed by atoms with van der Waals surface area (Å²) < 4.78 is 40.7. The molecule has 3 heterocycles. The van der Waals surface area contributed by atoms with Gasteiger partial charge >= 0.3 is 0 Å². The minimum Gasteiger partial charge on any atom is -0.481 e. The number of hydrogen-bond donors (Lipinski definition) is 2. The molecule has 1 amide bonds. The number of aromatic nitrogens is 3. The van der Waals surface area contributed by atoms with Crippen molar-refractivity contribution in [2.24, 2.45) is 7.05 Å². The molecule has 0 spiro atoms. The van der Waals surface area contributed by atoms with Crippen LogP contribution in [0.1, 0.15) is 28.8 Å². The minimum absolute atomic E-state index is 0.0729. The van der Waals surface area contributed by atoms with E-state index >= 15 is 0 Å². The Bertz CT molecular complexity index is 1310. The fraction of sp³-hybridized carbons (Fsp3) is 0.423. The van der Waals surface area contributed by atoms with E-state index in [1.807, 2.05) is 30.3 Å². The van der Waals surface area contributed by atoms with Crippen molar-refractivity contribution in [3.63, 3.8) is 0 Å².